The highest BCUT2D eigenvalue weighted by Gasteiger charge is 2.18. The molecule has 0 saturated heterocycles. The topological polar surface area (TPSA) is 30.7 Å². The molecule has 0 atom stereocenters. The summed E-state index contributed by atoms with van der Waals surface area (Å²) in [6.45, 7) is 2.84. The van der Waals surface area contributed by atoms with E-state index in [0.717, 1.165) is 18.8 Å². The third-order valence-electron chi connectivity index (χ3n) is 2.58. The fraction of sp³-hybridized carbons (Fsp3) is 0.333. The Kier molecular flexibility index (Phi) is 4.50. The molecule has 2 aromatic rings. The van der Waals surface area contributed by atoms with Crippen molar-refractivity contribution < 1.29 is 4.39 Å². The van der Waals surface area contributed by atoms with E-state index >= 15 is 0 Å². The summed E-state index contributed by atoms with van der Waals surface area (Å²) >= 11 is 6.74. The van der Waals surface area contributed by atoms with Crippen molar-refractivity contribution in [3.63, 3.8) is 0 Å². The Hall–Kier alpha value is -0.750. The minimum Gasteiger partial charge on any atom is -0.310 e. The average Bonchev–Trinajstić information content (AvgIpc) is 2.73. The molecule has 1 aromatic carbocycles. The Labute approximate surface area is 122 Å². The zero-order chi connectivity index (χ0) is 13.1. The van der Waals surface area contributed by atoms with Crippen molar-refractivity contribution in [1.82, 2.24) is 14.8 Å². The molecule has 3 nitrogen and oxygen atoms in total. The molecule has 1 aromatic heterocycles. The molecule has 96 valence electrons. The third kappa shape index (κ3) is 2.49. The van der Waals surface area contributed by atoms with Crippen LogP contribution in [0, 0.1) is 5.82 Å². The fourth-order valence-corrected chi connectivity index (χ4v) is 2.72. The van der Waals surface area contributed by atoms with E-state index in [1.807, 2.05) is 4.57 Å². The lowest BCUT2D eigenvalue weighted by atomic mass is 10.2. The molecule has 0 aliphatic heterocycles. The number of halogens is 3. The molecule has 0 unspecified atom stereocenters. The molecular formula is C12H12Br2FN3. The number of aromatic nitrogens is 3. The van der Waals surface area contributed by atoms with Crippen LogP contribution in [0.1, 0.15) is 19.2 Å². The van der Waals surface area contributed by atoms with Gasteiger partial charge in [0.1, 0.15) is 11.6 Å². The van der Waals surface area contributed by atoms with Crippen molar-refractivity contribution in [2.45, 2.75) is 25.2 Å². The van der Waals surface area contributed by atoms with Crippen molar-refractivity contribution >= 4 is 31.9 Å². The van der Waals surface area contributed by atoms with Gasteiger partial charge in [0, 0.05) is 11.0 Å². The Morgan fingerprint density at radius 2 is 2.11 bits per heavy atom. The molecule has 0 spiro atoms. The molecule has 0 bridgehead atoms. The summed E-state index contributed by atoms with van der Waals surface area (Å²) in [7, 11) is 0. The van der Waals surface area contributed by atoms with Gasteiger partial charge in [0.15, 0.2) is 5.82 Å². The number of benzene rings is 1. The van der Waals surface area contributed by atoms with Gasteiger partial charge in [-0.25, -0.2) is 4.39 Å². The van der Waals surface area contributed by atoms with Gasteiger partial charge in [-0.3, -0.25) is 0 Å². The molecule has 0 aliphatic rings. The van der Waals surface area contributed by atoms with E-state index in [2.05, 4.69) is 49.0 Å². The van der Waals surface area contributed by atoms with Crippen LogP contribution in [-0.4, -0.2) is 14.8 Å². The minimum atomic E-state index is -0.296. The van der Waals surface area contributed by atoms with Crippen LogP contribution in [0.15, 0.2) is 22.7 Å². The SMILES string of the molecule is CCCn1c(CBr)nnc1-c1c(F)cccc1Br. The predicted octanol–water partition coefficient (Wildman–Crippen LogP) is 4.15. The Morgan fingerprint density at radius 1 is 1.33 bits per heavy atom. The van der Waals surface area contributed by atoms with Crippen LogP contribution in [0.3, 0.4) is 0 Å². The number of alkyl halides is 1. The van der Waals surface area contributed by atoms with Crippen molar-refractivity contribution in [3.8, 4) is 11.4 Å². The minimum absolute atomic E-state index is 0.296. The molecule has 6 heteroatoms. The molecular weight excluding hydrogens is 365 g/mol. The van der Waals surface area contributed by atoms with Crippen LogP contribution in [0.4, 0.5) is 4.39 Å². The standard InChI is InChI=1S/C12H12Br2FN3/c1-2-6-18-10(7-13)16-17-12(18)11-8(14)4-3-5-9(11)15/h3-5H,2,6-7H2,1H3. The van der Waals surface area contributed by atoms with E-state index in [4.69, 9.17) is 0 Å². The highest BCUT2D eigenvalue weighted by Crippen LogP contribution is 2.30. The smallest absolute Gasteiger partial charge is 0.168 e. The second-order valence-corrected chi connectivity index (χ2v) is 5.24. The van der Waals surface area contributed by atoms with E-state index in [1.165, 1.54) is 6.07 Å². The lowest BCUT2D eigenvalue weighted by Crippen LogP contribution is -2.05. The second kappa shape index (κ2) is 5.93. The lowest BCUT2D eigenvalue weighted by molar-refractivity contribution is 0.620. The first-order chi connectivity index (χ1) is 8.69. The van der Waals surface area contributed by atoms with E-state index in [-0.39, 0.29) is 5.82 Å². The molecule has 0 aliphatic carbocycles. The lowest BCUT2D eigenvalue weighted by Gasteiger charge is -2.09. The van der Waals surface area contributed by atoms with Crippen molar-refractivity contribution in [3.05, 3.63) is 34.3 Å². The highest BCUT2D eigenvalue weighted by atomic mass is 79.9. The van der Waals surface area contributed by atoms with Gasteiger partial charge in [0.2, 0.25) is 0 Å². The summed E-state index contributed by atoms with van der Waals surface area (Å²) in [6, 6.07) is 4.89. The fourth-order valence-electron chi connectivity index (χ4n) is 1.79. The van der Waals surface area contributed by atoms with Gasteiger partial charge in [0.25, 0.3) is 0 Å². The van der Waals surface area contributed by atoms with Crippen LogP contribution >= 0.6 is 31.9 Å². The van der Waals surface area contributed by atoms with Crippen LogP contribution in [0.5, 0.6) is 0 Å². The summed E-state index contributed by atoms with van der Waals surface area (Å²) in [5.41, 5.74) is 0.464. The quantitative estimate of drug-likeness (QED) is 0.750. The summed E-state index contributed by atoms with van der Waals surface area (Å²) < 4.78 is 16.6. The number of rotatable bonds is 4. The second-order valence-electron chi connectivity index (χ2n) is 3.82. The molecule has 0 fully saturated rings. The molecule has 2 rings (SSSR count). The van der Waals surface area contributed by atoms with Crippen LogP contribution in [0.25, 0.3) is 11.4 Å². The molecule has 0 saturated carbocycles. The van der Waals surface area contributed by atoms with Gasteiger partial charge in [-0.1, -0.05) is 28.9 Å². The maximum Gasteiger partial charge on any atom is 0.168 e. The summed E-state index contributed by atoms with van der Waals surface area (Å²) in [5, 5.41) is 8.80. The van der Waals surface area contributed by atoms with Crippen molar-refractivity contribution in [1.29, 1.82) is 0 Å². The maximum absolute atomic E-state index is 13.9. The monoisotopic (exact) mass is 375 g/mol. The maximum atomic E-state index is 13.9. The molecule has 0 radical (unpaired) electrons. The van der Waals surface area contributed by atoms with Gasteiger partial charge in [-0.15, -0.1) is 10.2 Å². The zero-order valence-corrected chi connectivity index (χ0v) is 13.0. The normalized spacial score (nSPS) is 10.9. The number of hydrogen-bond donors (Lipinski definition) is 0. The van der Waals surface area contributed by atoms with Crippen LogP contribution < -0.4 is 0 Å². The van der Waals surface area contributed by atoms with Gasteiger partial charge in [-0.05, 0) is 34.5 Å². The third-order valence-corrected chi connectivity index (χ3v) is 3.74. The van der Waals surface area contributed by atoms with E-state index < -0.39 is 0 Å². The Morgan fingerprint density at radius 3 is 2.72 bits per heavy atom. The van der Waals surface area contributed by atoms with Gasteiger partial charge in [-0.2, -0.15) is 0 Å². The summed E-state index contributed by atoms with van der Waals surface area (Å²) in [6.07, 6.45) is 0.942. The zero-order valence-electron chi connectivity index (χ0n) is 9.83. The van der Waals surface area contributed by atoms with Gasteiger partial charge >= 0.3 is 0 Å². The van der Waals surface area contributed by atoms with Crippen LogP contribution in [0.2, 0.25) is 0 Å². The van der Waals surface area contributed by atoms with Crippen molar-refractivity contribution in [2.24, 2.45) is 0 Å². The molecule has 0 N–H and O–H groups in total. The predicted molar refractivity (Wildman–Crippen MR) is 76.0 cm³/mol. The first-order valence-electron chi connectivity index (χ1n) is 5.61. The summed E-state index contributed by atoms with van der Waals surface area (Å²) in [4.78, 5) is 0. The van der Waals surface area contributed by atoms with E-state index in [1.54, 1.807) is 12.1 Å². The Balaban J connectivity index is 2.60. The molecule has 1 heterocycles. The van der Waals surface area contributed by atoms with Crippen molar-refractivity contribution in [2.75, 3.05) is 0 Å². The molecule has 0 amide bonds. The van der Waals surface area contributed by atoms with E-state index in [0.29, 0.717) is 21.2 Å². The first kappa shape index (κ1) is 13.7. The Bertz CT molecular complexity index is 534. The van der Waals surface area contributed by atoms with Gasteiger partial charge < -0.3 is 4.57 Å². The molecule has 18 heavy (non-hydrogen) atoms. The first-order valence-corrected chi connectivity index (χ1v) is 7.53. The highest BCUT2D eigenvalue weighted by molar-refractivity contribution is 9.10. The number of hydrogen-bond acceptors (Lipinski definition) is 2. The largest absolute Gasteiger partial charge is 0.310 e. The average molecular weight is 377 g/mol. The van der Waals surface area contributed by atoms with Gasteiger partial charge in [0.05, 0.1) is 10.9 Å². The number of nitrogens with zero attached hydrogens (tertiary/aromatic N) is 3. The van der Waals surface area contributed by atoms with E-state index in [9.17, 15) is 4.39 Å². The summed E-state index contributed by atoms with van der Waals surface area (Å²) in [5.74, 6) is 1.08. The van der Waals surface area contributed by atoms with Crippen LogP contribution in [-0.2, 0) is 11.9 Å².